The Morgan fingerprint density at radius 1 is 1.50 bits per heavy atom. The Kier molecular flexibility index (Phi) is 2.40. The van der Waals surface area contributed by atoms with Crippen molar-refractivity contribution >= 4 is 44.7 Å². The smallest absolute Gasteiger partial charge is 0.112 e. The summed E-state index contributed by atoms with van der Waals surface area (Å²) in [4.78, 5) is 0. The van der Waals surface area contributed by atoms with E-state index in [1.54, 1.807) is 11.3 Å². The monoisotopic (exact) mass is 272 g/mol. The fourth-order valence-corrected chi connectivity index (χ4v) is 26.1. The molecule has 0 aromatic carbocycles. The molecule has 0 aromatic heterocycles. The van der Waals surface area contributed by atoms with E-state index in [1.165, 1.54) is 6.04 Å². The first-order valence-electron chi connectivity index (χ1n) is 3.02. The highest BCUT2D eigenvalue weighted by molar-refractivity contribution is 9.51. The summed E-state index contributed by atoms with van der Waals surface area (Å²) in [7, 11) is -0.137. The van der Waals surface area contributed by atoms with Gasteiger partial charge in [-0.2, -0.15) is 0 Å². The van der Waals surface area contributed by atoms with Gasteiger partial charge in [0.25, 0.3) is 0 Å². The third-order valence-corrected chi connectivity index (χ3v) is 24.0. The Labute approximate surface area is 68.8 Å². The number of rotatable bonds is 1. The second kappa shape index (κ2) is 2.56. The minimum Gasteiger partial charge on any atom is -0.112 e. The molecule has 0 aliphatic carbocycles. The van der Waals surface area contributed by atoms with Gasteiger partial charge in [-0.05, 0) is 11.3 Å². The SMILES string of the molecule is CC[SiH]1C[Si](Br)(Br)C1. The zero-order chi connectivity index (χ0) is 6.20. The topological polar surface area (TPSA) is 0 Å². The Hall–Kier alpha value is 1.39. The van der Waals surface area contributed by atoms with Crippen LogP contribution in [0, 0.1) is 0 Å². The summed E-state index contributed by atoms with van der Waals surface area (Å²) in [6.45, 7) is 2.33. The van der Waals surface area contributed by atoms with Gasteiger partial charge in [0.2, 0.25) is 0 Å². The summed E-state index contributed by atoms with van der Waals surface area (Å²) in [6.07, 6.45) is 0. The Morgan fingerprint density at radius 2 is 2.00 bits per heavy atom. The highest BCUT2D eigenvalue weighted by atomic mass is 79.9. The van der Waals surface area contributed by atoms with Crippen molar-refractivity contribution in [3.63, 3.8) is 0 Å². The quantitative estimate of drug-likeness (QED) is 0.509. The third kappa shape index (κ3) is 1.68. The van der Waals surface area contributed by atoms with Gasteiger partial charge in [0.05, 0.1) is 0 Å². The average molecular weight is 274 g/mol. The summed E-state index contributed by atoms with van der Waals surface area (Å²) in [6, 6.07) is 1.51. The van der Waals surface area contributed by atoms with Gasteiger partial charge in [0.15, 0.2) is 5.31 Å². The lowest BCUT2D eigenvalue weighted by Gasteiger charge is -2.35. The van der Waals surface area contributed by atoms with Crippen molar-refractivity contribution in [3.8, 4) is 0 Å². The molecule has 0 aromatic rings. The predicted molar refractivity (Wildman–Crippen MR) is 50.9 cm³/mol. The summed E-state index contributed by atoms with van der Waals surface area (Å²) < 4.78 is 0. The van der Waals surface area contributed by atoms with Gasteiger partial charge in [0.1, 0.15) is 0 Å². The molecule has 0 nitrogen and oxygen atoms in total. The lowest BCUT2D eigenvalue weighted by atomic mass is 11.0. The molecule has 0 atom stereocenters. The first-order valence-corrected chi connectivity index (χ1v) is 12.4. The molecule has 1 rings (SSSR count). The van der Waals surface area contributed by atoms with Crippen LogP contribution in [0.3, 0.4) is 0 Å². The Balaban J connectivity index is 2.21. The molecule has 1 aliphatic rings. The van der Waals surface area contributed by atoms with E-state index in [2.05, 4.69) is 37.5 Å². The number of hydrogen-bond acceptors (Lipinski definition) is 0. The molecule has 4 heteroatoms. The molecule has 0 bridgehead atoms. The van der Waals surface area contributed by atoms with Crippen LogP contribution in [-0.2, 0) is 0 Å². The van der Waals surface area contributed by atoms with Crippen molar-refractivity contribution < 1.29 is 0 Å². The van der Waals surface area contributed by atoms with Crippen LogP contribution in [0.1, 0.15) is 6.92 Å². The first kappa shape index (κ1) is 7.50. The van der Waals surface area contributed by atoms with Crippen LogP contribution < -0.4 is 0 Å². The van der Waals surface area contributed by atoms with Crippen molar-refractivity contribution in [1.29, 1.82) is 0 Å². The maximum absolute atomic E-state index is 3.74. The molecule has 0 radical (unpaired) electrons. The molecular formula is C4H10Br2Si2. The van der Waals surface area contributed by atoms with Crippen LogP contribution in [-0.4, -0.2) is 14.1 Å². The maximum atomic E-state index is 3.74. The third-order valence-electron chi connectivity index (χ3n) is 1.75. The molecule has 1 fully saturated rings. The van der Waals surface area contributed by atoms with Crippen molar-refractivity contribution in [2.75, 3.05) is 0 Å². The molecule has 0 unspecified atom stereocenters. The summed E-state index contributed by atoms with van der Waals surface area (Å²) in [5.74, 6) is 0. The number of hydrogen-bond donors (Lipinski definition) is 0. The fraction of sp³-hybridized carbons (Fsp3) is 1.00. The van der Waals surface area contributed by atoms with Crippen LogP contribution in [0.25, 0.3) is 0 Å². The number of halogens is 2. The first-order chi connectivity index (χ1) is 3.64. The molecule has 48 valence electrons. The van der Waals surface area contributed by atoms with Gasteiger partial charge in [-0.3, -0.25) is 0 Å². The Bertz CT molecular complexity index is 86.0. The van der Waals surface area contributed by atoms with E-state index in [1.807, 2.05) is 0 Å². The van der Waals surface area contributed by atoms with Gasteiger partial charge in [0, 0.05) is 8.80 Å². The van der Waals surface area contributed by atoms with Crippen molar-refractivity contribution in [2.24, 2.45) is 0 Å². The molecule has 0 amide bonds. The highest BCUT2D eigenvalue weighted by Crippen LogP contribution is 2.42. The van der Waals surface area contributed by atoms with E-state index in [0.29, 0.717) is 0 Å². The van der Waals surface area contributed by atoms with E-state index in [4.69, 9.17) is 0 Å². The van der Waals surface area contributed by atoms with Crippen LogP contribution in [0.4, 0.5) is 0 Å². The van der Waals surface area contributed by atoms with Gasteiger partial charge < -0.3 is 0 Å². The second-order valence-corrected chi connectivity index (χ2v) is 22.4. The van der Waals surface area contributed by atoms with Gasteiger partial charge in [-0.1, -0.05) is 13.0 Å². The lowest BCUT2D eigenvalue weighted by Crippen LogP contribution is -2.43. The van der Waals surface area contributed by atoms with Crippen LogP contribution >= 0.6 is 30.6 Å². The summed E-state index contributed by atoms with van der Waals surface area (Å²) in [5.41, 5.74) is 3.15. The molecule has 1 aliphatic heterocycles. The fourth-order valence-electron chi connectivity index (χ4n) is 1.07. The zero-order valence-electron chi connectivity index (χ0n) is 4.95. The minimum atomic E-state index is -0.848. The van der Waals surface area contributed by atoms with E-state index in [0.717, 1.165) is 0 Å². The van der Waals surface area contributed by atoms with Crippen molar-refractivity contribution in [1.82, 2.24) is 0 Å². The van der Waals surface area contributed by atoms with E-state index in [9.17, 15) is 0 Å². The molecule has 0 saturated carbocycles. The van der Waals surface area contributed by atoms with Gasteiger partial charge in [-0.15, -0.1) is 30.6 Å². The minimum absolute atomic E-state index is 0.137. The molecule has 1 saturated heterocycles. The molecule has 8 heavy (non-hydrogen) atoms. The van der Waals surface area contributed by atoms with E-state index in [-0.39, 0.29) is 8.80 Å². The van der Waals surface area contributed by atoms with Crippen LogP contribution in [0.5, 0.6) is 0 Å². The zero-order valence-corrected chi connectivity index (χ0v) is 10.3. The van der Waals surface area contributed by atoms with Crippen molar-refractivity contribution in [2.45, 2.75) is 24.3 Å². The average Bonchev–Trinajstić information content (AvgIpc) is 1.60. The summed E-state index contributed by atoms with van der Waals surface area (Å²) >= 11 is 7.47. The summed E-state index contributed by atoms with van der Waals surface area (Å²) in [5, 5.41) is -0.848. The van der Waals surface area contributed by atoms with E-state index >= 15 is 0 Å². The molecule has 0 N–H and O–H groups in total. The maximum Gasteiger partial charge on any atom is 0.195 e. The molecule has 1 heterocycles. The van der Waals surface area contributed by atoms with Crippen LogP contribution in [0.15, 0.2) is 0 Å². The normalized spacial score (nSPS) is 27.4. The second-order valence-electron chi connectivity index (χ2n) is 2.54. The predicted octanol–water partition coefficient (Wildman–Crippen LogP) is 2.56. The standard InChI is InChI=1S/C4H10Br2Si2/c1-2-7-3-8(5,6)4-7/h7H,2-4H2,1H3. The largest absolute Gasteiger partial charge is 0.195 e. The molecular weight excluding hydrogens is 264 g/mol. The van der Waals surface area contributed by atoms with E-state index < -0.39 is 5.31 Å². The Morgan fingerprint density at radius 3 is 2.12 bits per heavy atom. The lowest BCUT2D eigenvalue weighted by molar-refractivity contribution is 1.35. The highest BCUT2D eigenvalue weighted by Gasteiger charge is 2.42. The van der Waals surface area contributed by atoms with Gasteiger partial charge >= 0.3 is 0 Å². The molecule has 0 spiro atoms. The van der Waals surface area contributed by atoms with Gasteiger partial charge in [-0.25, -0.2) is 0 Å². The van der Waals surface area contributed by atoms with Crippen molar-refractivity contribution in [3.05, 3.63) is 0 Å². The van der Waals surface area contributed by atoms with Crippen LogP contribution in [0.2, 0.25) is 17.4 Å².